The van der Waals surface area contributed by atoms with Crippen molar-refractivity contribution in [2.24, 2.45) is 5.92 Å². The average molecular weight is 382 g/mol. The Morgan fingerprint density at radius 1 is 1.36 bits per heavy atom. The zero-order chi connectivity index (χ0) is 18.3. The number of carbonyl (C=O) groups excluding carboxylic acids is 2. The highest BCUT2D eigenvalue weighted by Crippen LogP contribution is 2.26. The fourth-order valence-electron chi connectivity index (χ4n) is 2.47. The van der Waals surface area contributed by atoms with Crippen LogP contribution in [0.15, 0.2) is 29.2 Å². The summed E-state index contributed by atoms with van der Waals surface area (Å²) in [6.07, 6.45) is 0.453. The number of nitriles is 1. The smallest absolute Gasteiger partial charge is 0.306 e. The molecule has 1 amide bonds. The van der Waals surface area contributed by atoms with Crippen molar-refractivity contribution >= 4 is 39.2 Å². The molecule has 0 spiro atoms. The zero-order valence-electron chi connectivity index (χ0n) is 13.4. The van der Waals surface area contributed by atoms with Gasteiger partial charge in [-0.05, 0) is 24.5 Å². The Hall–Kier alpha value is -2.05. The predicted octanol–water partition coefficient (Wildman–Crippen LogP) is 1.61. The van der Waals surface area contributed by atoms with Crippen LogP contribution in [0.5, 0.6) is 0 Å². The van der Waals surface area contributed by atoms with Crippen molar-refractivity contribution in [3.05, 3.63) is 24.3 Å². The maximum Gasteiger partial charge on any atom is 0.306 e. The summed E-state index contributed by atoms with van der Waals surface area (Å²) in [4.78, 5) is 24.4. The van der Waals surface area contributed by atoms with Gasteiger partial charge in [0.05, 0.1) is 29.0 Å². The van der Waals surface area contributed by atoms with Gasteiger partial charge < -0.3 is 10.1 Å². The van der Waals surface area contributed by atoms with Crippen molar-refractivity contribution < 1.29 is 22.7 Å². The Kier molecular flexibility index (Phi) is 6.84. The summed E-state index contributed by atoms with van der Waals surface area (Å²) in [5, 5.41) is 11.3. The van der Waals surface area contributed by atoms with Crippen LogP contribution in [-0.2, 0) is 24.2 Å². The van der Waals surface area contributed by atoms with Crippen LogP contribution in [0.4, 0.5) is 5.69 Å². The van der Waals surface area contributed by atoms with Crippen molar-refractivity contribution in [3.63, 3.8) is 0 Å². The molecule has 2 rings (SSSR count). The van der Waals surface area contributed by atoms with Gasteiger partial charge in [-0.25, -0.2) is 8.42 Å². The van der Waals surface area contributed by atoms with Crippen LogP contribution in [0, 0.1) is 17.2 Å². The standard InChI is InChI=1S/C16H18N2O5S2/c17-6-7-24-14-4-2-1-3-13(14)18-15(19)10-23-16(20)9-12-5-8-25(21,22)11-12/h1-4,12H,5,7-11H2,(H,18,19)/t12-/m0/s1. The second kappa shape index (κ2) is 8.87. The van der Waals surface area contributed by atoms with E-state index in [1.54, 1.807) is 24.3 Å². The number of hydrogen-bond acceptors (Lipinski definition) is 7. The number of nitrogens with zero attached hydrogens (tertiary/aromatic N) is 1. The number of hydrogen-bond donors (Lipinski definition) is 1. The van der Waals surface area contributed by atoms with Gasteiger partial charge in [-0.3, -0.25) is 9.59 Å². The molecule has 0 unspecified atom stereocenters. The number of anilines is 1. The minimum absolute atomic E-state index is 0.00111. The number of esters is 1. The monoisotopic (exact) mass is 382 g/mol. The van der Waals surface area contributed by atoms with Crippen LogP contribution in [0.25, 0.3) is 0 Å². The van der Waals surface area contributed by atoms with Crippen molar-refractivity contribution in [1.29, 1.82) is 5.26 Å². The Bertz CT molecular complexity index is 786. The molecule has 0 aromatic heterocycles. The zero-order valence-corrected chi connectivity index (χ0v) is 15.1. The summed E-state index contributed by atoms with van der Waals surface area (Å²) in [7, 11) is -3.04. The topological polar surface area (TPSA) is 113 Å². The first-order valence-corrected chi connectivity index (χ1v) is 10.4. The number of sulfone groups is 1. The molecule has 9 heteroatoms. The van der Waals surface area contributed by atoms with Crippen LogP contribution in [0.1, 0.15) is 12.8 Å². The molecule has 1 aliphatic heterocycles. The molecular formula is C16H18N2O5S2. The predicted molar refractivity (Wildman–Crippen MR) is 93.7 cm³/mol. The quantitative estimate of drug-likeness (QED) is 0.563. The molecule has 0 radical (unpaired) electrons. The Labute approximate surface area is 150 Å². The molecule has 134 valence electrons. The van der Waals surface area contributed by atoms with Crippen molar-refractivity contribution in [2.75, 3.05) is 29.2 Å². The second-order valence-corrected chi connectivity index (χ2v) is 8.87. The van der Waals surface area contributed by atoms with Crippen LogP contribution >= 0.6 is 11.8 Å². The SMILES string of the molecule is N#CCSc1ccccc1NC(=O)COC(=O)C[C@@H]1CCS(=O)(=O)C1. The molecule has 1 atom stereocenters. The Morgan fingerprint density at radius 3 is 2.80 bits per heavy atom. The minimum atomic E-state index is -3.04. The average Bonchev–Trinajstić information content (AvgIpc) is 2.90. The number of thioether (sulfide) groups is 1. The summed E-state index contributed by atoms with van der Waals surface area (Å²) in [6.45, 7) is -0.435. The Morgan fingerprint density at radius 2 is 2.12 bits per heavy atom. The molecule has 25 heavy (non-hydrogen) atoms. The molecule has 1 fully saturated rings. The molecule has 7 nitrogen and oxygen atoms in total. The van der Waals surface area contributed by atoms with Crippen LogP contribution in [0.3, 0.4) is 0 Å². The van der Waals surface area contributed by atoms with Gasteiger partial charge in [0.1, 0.15) is 0 Å². The number of ether oxygens (including phenoxy) is 1. The molecule has 0 bridgehead atoms. The second-order valence-electron chi connectivity index (χ2n) is 5.62. The molecule has 1 aliphatic rings. The maximum atomic E-state index is 11.9. The number of benzene rings is 1. The molecule has 0 saturated carbocycles. The highest BCUT2D eigenvalue weighted by molar-refractivity contribution is 7.99. The van der Waals surface area contributed by atoms with Crippen molar-refractivity contribution in [3.8, 4) is 6.07 Å². The lowest BCUT2D eigenvalue weighted by molar-refractivity contribution is -0.148. The molecule has 1 heterocycles. The maximum absolute atomic E-state index is 11.9. The summed E-state index contributed by atoms with van der Waals surface area (Å²) < 4.78 is 27.6. The molecule has 0 aliphatic carbocycles. The van der Waals surface area contributed by atoms with Crippen molar-refractivity contribution in [2.45, 2.75) is 17.7 Å². The molecular weight excluding hydrogens is 364 g/mol. The van der Waals surface area contributed by atoms with E-state index in [2.05, 4.69) is 5.32 Å². The third-order valence-corrected chi connectivity index (χ3v) is 6.38. The summed E-state index contributed by atoms with van der Waals surface area (Å²) in [5.74, 6) is -0.947. The summed E-state index contributed by atoms with van der Waals surface area (Å²) >= 11 is 1.29. The number of nitrogens with one attached hydrogen (secondary N) is 1. The van der Waals surface area contributed by atoms with E-state index in [4.69, 9.17) is 10.00 Å². The number of carbonyl (C=O) groups is 2. The van der Waals surface area contributed by atoms with E-state index < -0.39 is 28.3 Å². The van der Waals surface area contributed by atoms with E-state index in [0.717, 1.165) is 4.90 Å². The van der Waals surface area contributed by atoms with Gasteiger partial charge in [0.2, 0.25) is 0 Å². The van der Waals surface area contributed by atoms with Gasteiger partial charge in [0, 0.05) is 11.3 Å². The molecule has 1 aromatic carbocycles. The van der Waals surface area contributed by atoms with Gasteiger partial charge in [-0.2, -0.15) is 5.26 Å². The Balaban J connectivity index is 1.79. The molecule has 1 aromatic rings. The van der Waals surface area contributed by atoms with Gasteiger partial charge >= 0.3 is 5.97 Å². The highest BCUT2D eigenvalue weighted by Gasteiger charge is 2.30. The minimum Gasteiger partial charge on any atom is -0.456 e. The summed E-state index contributed by atoms with van der Waals surface area (Å²) in [5.41, 5.74) is 0.547. The fraction of sp³-hybridized carbons (Fsp3) is 0.438. The number of rotatable bonds is 7. The van der Waals surface area contributed by atoms with Gasteiger partial charge in [0.15, 0.2) is 16.4 Å². The van der Waals surface area contributed by atoms with Crippen LogP contribution < -0.4 is 5.32 Å². The van der Waals surface area contributed by atoms with Gasteiger partial charge in [0.25, 0.3) is 5.91 Å². The third kappa shape index (κ3) is 6.40. The normalized spacial score (nSPS) is 18.3. The first-order chi connectivity index (χ1) is 11.9. The lowest BCUT2D eigenvalue weighted by Gasteiger charge is -2.11. The molecule has 1 saturated heterocycles. The van der Waals surface area contributed by atoms with E-state index in [-0.39, 0.29) is 29.6 Å². The van der Waals surface area contributed by atoms with Crippen molar-refractivity contribution in [1.82, 2.24) is 0 Å². The number of amides is 1. The van der Waals surface area contributed by atoms with E-state index in [1.807, 2.05) is 6.07 Å². The van der Waals surface area contributed by atoms with Gasteiger partial charge in [-0.1, -0.05) is 12.1 Å². The van der Waals surface area contributed by atoms with Crippen LogP contribution in [-0.4, -0.2) is 44.2 Å². The van der Waals surface area contributed by atoms with E-state index in [1.165, 1.54) is 11.8 Å². The fourth-order valence-corrected chi connectivity index (χ4v) is 5.00. The number of para-hydroxylation sites is 1. The highest BCUT2D eigenvalue weighted by atomic mass is 32.2. The van der Waals surface area contributed by atoms with E-state index in [0.29, 0.717) is 12.1 Å². The van der Waals surface area contributed by atoms with Gasteiger partial charge in [-0.15, -0.1) is 11.8 Å². The van der Waals surface area contributed by atoms with E-state index >= 15 is 0 Å². The van der Waals surface area contributed by atoms with Crippen LogP contribution in [0.2, 0.25) is 0 Å². The third-order valence-electron chi connectivity index (χ3n) is 3.60. The molecule has 1 N–H and O–H groups in total. The first kappa shape index (κ1) is 19.3. The lowest BCUT2D eigenvalue weighted by atomic mass is 10.1. The lowest BCUT2D eigenvalue weighted by Crippen LogP contribution is -2.22. The largest absolute Gasteiger partial charge is 0.456 e. The first-order valence-electron chi connectivity index (χ1n) is 7.64. The van der Waals surface area contributed by atoms with E-state index in [9.17, 15) is 18.0 Å². The summed E-state index contributed by atoms with van der Waals surface area (Å²) in [6, 6.07) is 9.04.